The van der Waals surface area contributed by atoms with Gasteiger partial charge in [-0.25, -0.2) is 0 Å². The van der Waals surface area contributed by atoms with Crippen molar-refractivity contribution >= 4 is 0 Å². The number of hydrogen-bond donors (Lipinski definition) is 0. The first-order chi connectivity index (χ1) is 8.22. The summed E-state index contributed by atoms with van der Waals surface area (Å²) < 4.78 is 12.1. The van der Waals surface area contributed by atoms with Crippen LogP contribution in [0.15, 0.2) is 0 Å². The van der Waals surface area contributed by atoms with Crippen molar-refractivity contribution in [2.24, 2.45) is 11.8 Å². The van der Waals surface area contributed by atoms with E-state index in [2.05, 4.69) is 34.6 Å². The molecular formula is C16H32O2. The summed E-state index contributed by atoms with van der Waals surface area (Å²) in [6, 6.07) is 0. The normalized spacial score (nSPS) is 29.2. The molecule has 0 aromatic rings. The molecular weight excluding hydrogens is 224 g/mol. The van der Waals surface area contributed by atoms with Crippen LogP contribution in [0.2, 0.25) is 0 Å². The Bertz CT molecular complexity index is 258. The summed E-state index contributed by atoms with van der Waals surface area (Å²) in [4.78, 5) is 0. The summed E-state index contributed by atoms with van der Waals surface area (Å²) in [7, 11) is 0. The molecule has 2 nitrogen and oxygen atoms in total. The van der Waals surface area contributed by atoms with E-state index in [1.54, 1.807) is 0 Å². The quantitative estimate of drug-likeness (QED) is 0.681. The van der Waals surface area contributed by atoms with E-state index in [1.807, 2.05) is 13.8 Å². The molecule has 0 amide bonds. The molecule has 1 aliphatic rings. The molecule has 0 saturated carbocycles. The molecule has 1 aliphatic heterocycles. The fourth-order valence-corrected chi connectivity index (χ4v) is 3.31. The van der Waals surface area contributed by atoms with Gasteiger partial charge in [0.25, 0.3) is 0 Å². The lowest BCUT2D eigenvalue weighted by Crippen LogP contribution is -2.35. The van der Waals surface area contributed by atoms with Crippen molar-refractivity contribution in [1.29, 1.82) is 0 Å². The molecule has 0 aliphatic carbocycles. The van der Waals surface area contributed by atoms with Crippen molar-refractivity contribution < 1.29 is 9.47 Å². The summed E-state index contributed by atoms with van der Waals surface area (Å²) in [6.45, 7) is 15.3. The largest absolute Gasteiger partial charge is 0.344 e. The zero-order chi connectivity index (χ0) is 14.0. The Balaban J connectivity index is 2.65. The summed E-state index contributed by atoms with van der Waals surface area (Å²) in [5.41, 5.74) is -0.164. The first-order valence-electron chi connectivity index (χ1n) is 7.59. The Hall–Kier alpha value is -0.0800. The van der Waals surface area contributed by atoms with Crippen LogP contribution >= 0.6 is 0 Å². The van der Waals surface area contributed by atoms with Crippen LogP contribution in [0.25, 0.3) is 0 Å². The van der Waals surface area contributed by atoms with Crippen LogP contribution in [0.5, 0.6) is 0 Å². The number of ether oxygens (including phenoxy) is 2. The van der Waals surface area contributed by atoms with Gasteiger partial charge in [-0.05, 0) is 46.0 Å². The van der Waals surface area contributed by atoms with Crippen LogP contribution in [0.1, 0.15) is 74.1 Å². The zero-order valence-electron chi connectivity index (χ0n) is 13.4. The van der Waals surface area contributed by atoms with Gasteiger partial charge in [-0.1, -0.05) is 40.0 Å². The zero-order valence-corrected chi connectivity index (χ0v) is 13.4. The second-order valence-electron chi connectivity index (χ2n) is 6.88. The number of hydrogen-bond acceptors (Lipinski definition) is 2. The van der Waals surface area contributed by atoms with Crippen molar-refractivity contribution in [2.75, 3.05) is 0 Å². The summed E-state index contributed by atoms with van der Waals surface area (Å²) in [5, 5.41) is 0. The van der Waals surface area contributed by atoms with E-state index in [0.717, 1.165) is 18.3 Å². The molecule has 108 valence electrons. The van der Waals surface area contributed by atoms with E-state index >= 15 is 0 Å². The minimum atomic E-state index is -0.430. The topological polar surface area (TPSA) is 18.5 Å². The molecule has 1 saturated heterocycles. The van der Waals surface area contributed by atoms with Crippen LogP contribution in [-0.4, -0.2) is 17.5 Å². The minimum Gasteiger partial charge on any atom is -0.344 e. The maximum Gasteiger partial charge on any atom is 0.164 e. The number of rotatable bonds is 6. The van der Waals surface area contributed by atoms with Crippen molar-refractivity contribution in [1.82, 2.24) is 0 Å². The average Bonchev–Trinajstić information content (AvgIpc) is 2.43. The highest BCUT2D eigenvalue weighted by Gasteiger charge is 2.47. The Labute approximate surface area is 113 Å². The molecule has 0 unspecified atom stereocenters. The fraction of sp³-hybridized carbons (Fsp3) is 1.00. The molecule has 0 radical (unpaired) electrons. The van der Waals surface area contributed by atoms with Gasteiger partial charge in [-0.2, -0.15) is 0 Å². The van der Waals surface area contributed by atoms with Gasteiger partial charge in [0, 0.05) is 0 Å². The molecule has 0 aromatic carbocycles. The van der Waals surface area contributed by atoms with Gasteiger partial charge >= 0.3 is 0 Å². The highest BCUT2D eigenvalue weighted by molar-refractivity contribution is 4.90. The van der Waals surface area contributed by atoms with E-state index in [0.29, 0.717) is 0 Å². The van der Waals surface area contributed by atoms with Crippen molar-refractivity contribution in [2.45, 2.75) is 91.6 Å². The second-order valence-corrected chi connectivity index (χ2v) is 6.88. The van der Waals surface area contributed by atoms with Gasteiger partial charge in [-0.3, -0.25) is 0 Å². The van der Waals surface area contributed by atoms with Gasteiger partial charge in [0.15, 0.2) is 5.79 Å². The summed E-state index contributed by atoms with van der Waals surface area (Å²) in [6.07, 6.45) is 5.16. The Kier molecular flexibility index (Phi) is 5.25. The van der Waals surface area contributed by atoms with E-state index in [1.165, 1.54) is 19.3 Å². The molecule has 1 rings (SSSR count). The highest BCUT2D eigenvalue weighted by atomic mass is 16.8. The second kappa shape index (κ2) is 5.92. The Morgan fingerprint density at radius 3 is 2.11 bits per heavy atom. The lowest BCUT2D eigenvalue weighted by molar-refractivity contribution is -0.158. The first kappa shape index (κ1) is 16.0. The van der Waals surface area contributed by atoms with E-state index in [9.17, 15) is 0 Å². The molecule has 18 heavy (non-hydrogen) atoms. The molecule has 1 fully saturated rings. The molecule has 1 heterocycles. The predicted octanol–water partition coefficient (Wildman–Crippen LogP) is 4.77. The maximum absolute atomic E-state index is 6.10. The Morgan fingerprint density at radius 1 is 1.11 bits per heavy atom. The average molecular weight is 256 g/mol. The maximum atomic E-state index is 6.10. The third kappa shape index (κ3) is 3.96. The van der Waals surface area contributed by atoms with Gasteiger partial charge < -0.3 is 9.47 Å². The Morgan fingerprint density at radius 2 is 1.72 bits per heavy atom. The van der Waals surface area contributed by atoms with Gasteiger partial charge in [0.2, 0.25) is 0 Å². The van der Waals surface area contributed by atoms with Crippen molar-refractivity contribution in [3.05, 3.63) is 0 Å². The highest BCUT2D eigenvalue weighted by Crippen LogP contribution is 2.40. The minimum absolute atomic E-state index is 0.164. The van der Waals surface area contributed by atoms with Crippen LogP contribution in [0.3, 0.4) is 0 Å². The summed E-state index contributed by atoms with van der Waals surface area (Å²) >= 11 is 0. The van der Waals surface area contributed by atoms with E-state index < -0.39 is 5.79 Å². The molecule has 0 aromatic heterocycles. The van der Waals surface area contributed by atoms with Crippen molar-refractivity contribution in [3.63, 3.8) is 0 Å². The van der Waals surface area contributed by atoms with Crippen LogP contribution in [0.4, 0.5) is 0 Å². The third-order valence-corrected chi connectivity index (χ3v) is 4.30. The monoisotopic (exact) mass is 256 g/mol. The SMILES string of the molecule is CCC[C@@H](C)[C@@H](CC)C[C@@H]1OC(C)(C)OC1(C)C. The van der Waals surface area contributed by atoms with E-state index in [4.69, 9.17) is 9.47 Å². The molecule has 0 N–H and O–H groups in total. The van der Waals surface area contributed by atoms with Crippen LogP contribution in [-0.2, 0) is 9.47 Å². The first-order valence-corrected chi connectivity index (χ1v) is 7.59. The third-order valence-electron chi connectivity index (χ3n) is 4.30. The lowest BCUT2D eigenvalue weighted by atomic mass is 9.81. The molecule has 0 spiro atoms. The molecule has 2 heteroatoms. The smallest absolute Gasteiger partial charge is 0.164 e. The lowest BCUT2D eigenvalue weighted by Gasteiger charge is -2.30. The van der Waals surface area contributed by atoms with E-state index in [-0.39, 0.29) is 11.7 Å². The van der Waals surface area contributed by atoms with Gasteiger partial charge in [-0.15, -0.1) is 0 Å². The van der Waals surface area contributed by atoms with Crippen LogP contribution < -0.4 is 0 Å². The van der Waals surface area contributed by atoms with Gasteiger partial charge in [0.1, 0.15) is 0 Å². The summed E-state index contributed by atoms with van der Waals surface area (Å²) in [5.74, 6) is 1.09. The molecule has 0 bridgehead atoms. The van der Waals surface area contributed by atoms with Crippen LogP contribution in [0, 0.1) is 11.8 Å². The fourth-order valence-electron chi connectivity index (χ4n) is 3.31. The predicted molar refractivity (Wildman–Crippen MR) is 76.6 cm³/mol. The van der Waals surface area contributed by atoms with Gasteiger partial charge in [0.05, 0.1) is 11.7 Å². The van der Waals surface area contributed by atoms with Crippen molar-refractivity contribution in [3.8, 4) is 0 Å². The standard InChI is InChI=1S/C16H32O2/c1-8-10-12(3)13(9-2)11-14-15(4,5)18-16(6,7)17-14/h12-14H,8-11H2,1-7H3/t12-,13+,14+/m1/s1. The molecule has 3 atom stereocenters.